The van der Waals surface area contributed by atoms with Crippen LogP contribution in [0.2, 0.25) is 0 Å². The number of para-hydroxylation sites is 2. The minimum Gasteiger partial charge on any atom is -0.494 e. The van der Waals surface area contributed by atoms with E-state index in [-0.39, 0.29) is 35.3 Å². The molecule has 0 radical (unpaired) electrons. The molecule has 2 saturated carbocycles. The average Bonchev–Trinajstić information content (AvgIpc) is 3.80. The van der Waals surface area contributed by atoms with Crippen LogP contribution in [0.1, 0.15) is 82.6 Å². The molecule has 2 fully saturated rings. The van der Waals surface area contributed by atoms with E-state index in [1.807, 2.05) is 54.6 Å². The van der Waals surface area contributed by atoms with E-state index in [1.165, 1.54) is 18.4 Å². The number of hydrogen-bond donors (Lipinski definition) is 0. The Bertz CT molecular complexity index is 2480. The minimum absolute atomic E-state index is 0.233. The van der Waals surface area contributed by atoms with Crippen LogP contribution in [0.5, 0.6) is 23.0 Å². The molecule has 0 spiro atoms. The molecule has 1 aromatic heterocycles. The van der Waals surface area contributed by atoms with E-state index in [9.17, 15) is 24.0 Å². The molecule has 0 aliphatic heterocycles. The fraction of sp³-hybridized carbons (Fsp3) is 0.365. The Labute approximate surface area is 393 Å². The maximum absolute atomic E-state index is 13.6. The van der Waals surface area contributed by atoms with Crippen LogP contribution < -0.4 is 24.0 Å². The number of ether oxygens (including phenoxy) is 6. The van der Waals surface area contributed by atoms with Crippen molar-refractivity contribution in [1.29, 1.82) is 0 Å². The molecular formula is C52H55N3O11S. The van der Waals surface area contributed by atoms with Crippen molar-refractivity contribution in [3.63, 3.8) is 0 Å². The monoisotopic (exact) mass is 929 g/mol. The number of aromatic nitrogens is 1. The van der Waals surface area contributed by atoms with Crippen molar-refractivity contribution in [2.75, 3.05) is 25.3 Å². The molecule has 5 aromatic rings. The Kier molecular flexibility index (Phi) is 17.3. The highest BCUT2D eigenvalue weighted by atomic mass is 32.1. The van der Waals surface area contributed by atoms with E-state index in [0.717, 1.165) is 47.7 Å². The van der Waals surface area contributed by atoms with Gasteiger partial charge in [0.05, 0.1) is 66.1 Å². The molecule has 2 aliphatic carbocycles. The molecule has 0 unspecified atom stereocenters. The zero-order chi connectivity index (χ0) is 47.0. The summed E-state index contributed by atoms with van der Waals surface area (Å²) >= 11 is 1.48. The van der Waals surface area contributed by atoms with E-state index in [1.54, 1.807) is 53.7 Å². The molecular weight excluding hydrogens is 875 g/mol. The van der Waals surface area contributed by atoms with E-state index in [4.69, 9.17) is 38.5 Å². The molecule has 15 heteroatoms. The minimum atomic E-state index is -0.433. The van der Waals surface area contributed by atoms with Crippen molar-refractivity contribution in [3.05, 3.63) is 115 Å². The number of fused-ring (bicyclic) bond motifs is 1. The number of benzene rings is 4. The number of anilines is 2. The summed E-state index contributed by atoms with van der Waals surface area (Å²) in [6.45, 7) is 4.30. The highest BCUT2D eigenvalue weighted by Gasteiger charge is 2.34. The smallest absolute Gasteiger partial charge is 0.330 e. The van der Waals surface area contributed by atoms with E-state index in [0.29, 0.717) is 86.8 Å². The molecule has 14 nitrogen and oxygen atoms in total. The van der Waals surface area contributed by atoms with E-state index in [2.05, 4.69) is 6.58 Å². The van der Waals surface area contributed by atoms with E-state index >= 15 is 0 Å². The zero-order valence-corrected chi connectivity index (χ0v) is 38.4. The number of hydrogen-bond acceptors (Lipinski definition) is 15. The van der Waals surface area contributed by atoms with Crippen molar-refractivity contribution in [3.8, 4) is 23.0 Å². The van der Waals surface area contributed by atoms with Crippen molar-refractivity contribution in [2.45, 2.75) is 77.0 Å². The molecule has 0 N–H and O–H groups in total. The highest BCUT2D eigenvalue weighted by Crippen LogP contribution is 2.36. The number of esters is 5. The first-order valence-electron chi connectivity index (χ1n) is 22.8. The van der Waals surface area contributed by atoms with Gasteiger partial charge in [-0.25, -0.2) is 14.8 Å². The third kappa shape index (κ3) is 13.6. The Morgan fingerprint density at radius 3 is 1.84 bits per heavy atom. The molecule has 7 rings (SSSR count). The molecule has 4 aromatic carbocycles. The SMILES string of the molecule is C=CC(=O)OCCCCCCOc1ccc(OC(=O)C2CCC(C(=O)Oc3ccc(OC(=O)C4CCC(C(=O)OC)CC4)c(/C=N/N(c4ccccc4)c4nc5ccccc5s4)c3)CC2)cc1. The van der Waals surface area contributed by atoms with Crippen molar-refractivity contribution in [1.82, 2.24) is 4.98 Å². The average molecular weight is 930 g/mol. The number of nitrogens with zero attached hydrogens (tertiary/aromatic N) is 3. The fourth-order valence-corrected chi connectivity index (χ4v) is 9.06. The third-order valence-electron chi connectivity index (χ3n) is 11.9. The number of rotatable bonds is 20. The van der Waals surface area contributed by atoms with Gasteiger partial charge >= 0.3 is 29.8 Å². The summed E-state index contributed by atoms with van der Waals surface area (Å²) in [5, 5.41) is 7.19. The zero-order valence-electron chi connectivity index (χ0n) is 37.5. The molecule has 0 amide bonds. The number of thiazole rings is 1. The van der Waals surface area contributed by atoms with Crippen LogP contribution in [0.15, 0.2) is 115 Å². The van der Waals surface area contributed by atoms with Crippen molar-refractivity contribution >= 4 is 68.4 Å². The van der Waals surface area contributed by atoms with E-state index < -0.39 is 29.7 Å². The first-order chi connectivity index (χ1) is 32.7. The lowest BCUT2D eigenvalue weighted by molar-refractivity contribution is -0.149. The fourth-order valence-electron chi connectivity index (χ4n) is 8.12. The van der Waals surface area contributed by atoms with Gasteiger partial charge in [-0.15, -0.1) is 0 Å². The lowest BCUT2D eigenvalue weighted by atomic mass is 9.82. The van der Waals surface area contributed by atoms with Gasteiger partial charge in [-0.05, 0) is 144 Å². The third-order valence-corrected chi connectivity index (χ3v) is 12.9. The van der Waals surface area contributed by atoms with Crippen LogP contribution in [-0.4, -0.2) is 61.4 Å². The van der Waals surface area contributed by atoms with Crippen LogP contribution >= 0.6 is 11.3 Å². The summed E-state index contributed by atoms with van der Waals surface area (Å²) < 4.78 is 34.4. The molecule has 2 aliphatic rings. The van der Waals surface area contributed by atoms with Gasteiger partial charge in [0.25, 0.3) is 0 Å². The molecule has 0 bridgehead atoms. The summed E-state index contributed by atoms with van der Waals surface area (Å²) in [5.41, 5.74) is 1.98. The highest BCUT2D eigenvalue weighted by molar-refractivity contribution is 7.22. The van der Waals surface area contributed by atoms with Gasteiger partial charge in [0.2, 0.25) is 5.13 Å². The first-order valence-corrected chi connectivity index (χ1v) is 23.6. The largest absolute Gasteiger partial charge is 0.494 e. The number of methoxy groups -OCH3 is 1. The predicted molar refractivity (Wildman–Crippen MR) is 254 cm³/mol. The van der Waals surface area contributed by atoms with Crippen LogP contribution in [-0.2, 0) is 33.4 Å². The molecule has 350 valence electrons. The summed E-state index contributed by atoms with van der Waals surface area (Å²) in [5.74, 6) is -1.75. The van der Waals surface area contributed by atoms with Gasteiger partial charge in [0, 0.05) is 11.6 Å². The standard InChI is InChI=1S/C52H55N3O11S/c1-3-47(56)63-32-12-5-4-11-31-62-41-25-27-42(28-26-41)64-49(58)36-21-23-37(24-22-36)50(59)65-43-29-30-45(66-51(60)38-19-17-35(18-20-38)48(57)61-2)39(33-43)34-53-55(40-13-7-6-8-14-40)52-54-44-15-9-10-16-46(44)67-52/h3,6-10,13-16,25-30,33-38H,1,4-5,11-12,17-24,31-32H2,2H3/b53-34+. The Hall–Kier alpha value is -6.87. The molecule has 1 heterocycles. The van der Waals surface area contributed by atoms with Crippen molar-refractivity contribution in [2.24, 2.45) is 28.8 Å². The molecule has 67 heavy (non-hydrogen) atoms. The van der Waals surface area contributed by atoms with Gasteiger partial charge < -0.3 is 28.4 Å². The predicted octanol–water partition coefficient (Wildman–Crippen LogP) is 10.3. The lowest BCUT2D eigenvalue weighted by Crippen LogP contribution is -2.30. The summed E-state index contributed by atoms with van der Waals surface area (Å²) in [6, 6.07) is 29.1. The summed E-state index contributed by atoms with van der Waals surface area (Å²) in [6.07, 6.45) is 10.1. The number of unbranched alkanes of at least 4 members (excludes halogenated alkanes) is 3. The second-order valence-corrected chi connectivity index (χ2v) is 17.6. The van der Waals surface area contributed by atoms with Gasteiger partial charge in [-0.2, -0.15) is 5.10 Å². The van der Waals surface area contributed by atoms with Gasteiger partial charge in [0.15, 0.2) is 0 Å². The lowest BCUT2D eigenvalue weighted by Gasteiger charge is -2.26. The van der Waals surface area contributed by atoms with Gasteiger partial charge in [-0.3, -0.25) is 19.2 Å². The second kappa shape index (κ2) is 24.1. The second-order valence-electron chi connectivity index (χ2n) is 16.5. The maximum Gasteiger partial charge on any atom is 0.330 e. The summed E-state index contributed by atoms with van der Waals surface area (Å²) in [4.78, 5) is 68.4. The molecule has 0 saturated heterocycles. The van der Waals surface area contributed by atoms with Crippen LogP contribution in [0.3, 0.4) is 0 Å². The van der Waals surface area contributed by atoms with Crippen LogP contribution in [0.4, 0.5) is 10.8 Å². The summed E-state index contributed by atoms with van der Waals surface area (Å²) in [7, 11) is 1.37. The van der Waals surface area contributed by atoms with Gasteiger partial charge in [0.1, 0.15) is 23.0 Å². The normalized spacial score (nSPS) is 18.1. The first kappa shape index (κ1) is 48.1. The van der Waals surface area contributed by atoms with Crippen LogP contribution in [0.25, 0.3) is 10.2 Å². The van der Waals surface area contributed by atoms with Crippen LogP contribution in [0, 0.1) is 23.7 Å². The number of carbonyl (C=O) groups excluding carboxylic acids is 5. The Morgan fingerprint density at radius 1 is 0.657 bits per heavy atom. The van der Waals surface area contributed by atoms with Crippen molar-refractivity contribution < 1.29 is 52.4 Å². The number of carbonyl (C=O) groups is 5. The van der Waals surface area contributed by atoms with Gasteiger partial charge in [-0.1, -0.05) is 48.2 Å². The Balaban J connectivity index is 0.959. The Morgan fingerprint density at radius 2 is 1.21 bits per heavy atom. The number of hydrazone groups is 1. The topological polar surface area (TPSA) is 169 Å². The quantitative estimate of drug-likeness (QED) is 0.0181. The molecule has 0 atom stereocenters. The maximum atomic E-state index is 13.6.